The van der Waals surface area contributed by atoms with Crippen LogP contribution in [0.1, 0.15) is 23.8 Å². The zero-order chi connectivity index (χ0) is 20.6. The van der Waals surface area contributed by atoms with Crippen molar-refractivity contribution in [1.29, 1.82) is 0 Å². The van der Waals surface area contributed by atoms with Gasteiger partial charge in [0.25, 0.3) is 5.88 Å². The van der Waals surface area contributed by atoms with Gasteiger partial charge in [0, 0.05) is 12.2 Å². The van der Waals surface area contributed by atoms with E-state index in [0.717, 1.165) is 17.5 Å². The summed E-state index contributed by atoms with van der Waals surface area (Å²) in [7, 11) is -4.06. The van der Waals surface area contributed by atoms with Gasteiger partial charge in [-0.15, -0.1) is 11.3 Å². The third kappa shape index (κ3) is 4.74. The maximum absolute atomic E-state index is 13.6. The first-order valence-electron chi connectivity index (χ1n) is 8.40. The second kappa shape index (κ2) is 7.39. The summed E-state index contributed by atoms with van der Waals surface area (Å²) in [6, 6.07) is 6.16. The van der Waals surface area contributed by atoms with Crippen molar-refractivity contribution < 1.29 is 26.3 Å². The lowest BCUT2D eigenvalue weighted by atomic mass is 10.3. The molecule has 8 nitrogen and oxygen atoms in total. The molecule has 1 aliphatic rings. The smallest absolute Gasteiger partial charge is 0.430 e. The summed E-state index contributed by atoms with van der Waals surface area (Å²) in [5.74, 6) is -1.02. The Kier molecular flexibility index (Phi) is 5.04. The molecule has 0 bridgehead atoms. The van der Waals surface area contributed by atoms with Crippen LogP contribution in [0.4, 0.5) is 19.0 Å². The Labute approximate surface area is 167 Å². The van der Waals surface area contributed by atoms with Gasteiger partial charge >= 0.3 is 16.4 Å². The number of para-hydroxylation sites is 2. The standard InChI is InChI=1S/C16H14F3N5O3S2/c17-16(18,19)13(12-7-20-8-28-12)27-15-14(24-29(25,26)23-9-5-6-9)21-10-3-1-2-4-11(10)22-15/h1-4,7-9,13,23H,5-6H2,(H,21,24). The summed E-state index contributed by atoms with van der Waals surface area (Å²) in [6.07, 6.45) is -4.73. The van der Waals surface area contributed by atoms with Crippen LogP contribution in [0.5, 0.6) is 5.88 Å². The van der Waals surface area contributed by atoms with E-state index in [9.17, 15) is 21.6 Å². The maximum atomic E-state index is 13.6. The minimum atomic E-state index is -4.78. The predicted molar refractivity (Wildman–Crippen MR) is 99.8 cm³/mol. The van der Waals surface area contributed by atoms with Crippen molar-refractivity contribution in [2.75, 3.05) is 4.72 Å². The zero-order valence-electron chi connectivity index (χ0n) is 14.5. The van der Waals surface area contributed by atoms with Crippen LogP contribution in [-0.4, -0.2) is 35.6 Å². The van der Waals surface area contributed by atoms with Gasteiger partial charge in [-0.2, -0.15) is 26.3 Å². The van der Waals surface area contributed by atoms with Crippen molar-refractivity contribution in [3.8, 4) is 5.88 Å². The number of benzene rings is 1. The second-order valence-corrected chi connectivity index (χ2v) is 8.67. The lowest BCUT2D eigenvalue weighted by Gasteiger charge is -2.21. The molecule has 1 saturated carbocycles. The summed E-state index contributed by atoms with van der Waals surface area (Å²) in [4.78, 5) is 11.6. The normalized spacial score (nSPS) is 16.0. The lowest BCUT2D eigenvalue weighted by molar-refractivity contribution is -0.197. The van der Waals surface area contributed by atoms with Crippen LogP contribution in [0.15, 0.2) is 36.0 Å². The van der Waals surface area contributed by atoms with E-state index in [0.29, 0.717) is 18.4 Å². The van der Waals surface area contributed by atoms with Crippen LogP contribution in [0.2, 0.25) is 0 Å². The molecular weight excluding hydrogens is 431 g/mol. The van der Waals surface area contributed by atoms with Gasteiger partial charge in [0.15, 0.2) is 0 Å². The SMILES string of the molecule is O=S(=O)(Nc1nc2ccccc2nc1OC(c1cncs1)C(F)(F)F)NC1CC1. The molecule has 0 saturated heterocycles. The molecule has 4 rings (SSSR count). The van der Waals surface area contributed by atoms with Crippen LogP contribution in [0.25, 0.3) is 11.0 Å². The van der Waals surface area contributed by atoms with Crippen molar-refractivity contribution in [2.24, 2.45) is 0 Å². The highest BCUT2D eigenvalue weighted by molar-refractivity contribution is 7.90. The van der Waals surface area contributed by atoms with Crippen LogP contribution >= 0.6 is 11.3 Å². The van der Waals surface area contributed by atoms with E-state index >= 15 is 0 Å². The summed E-state index contributed by atoms with van der Waals surface area (Å²) < 4.78 is 75.0. The average molecular weight is 445 g/mol. The molecule has 13 heteroatoms. The molecule has 1 aromatic carbocycles. The number of hydrogen-bond acceptors (Lipinski definition) is 7. The molecule has 0 radical (unpaired) electrons. The van der Waals surface area contributed by atoms with Crippen LogP contribution in [-0.2, 0) is 10.2 Å². The van der Waals surface area contributed by atoms with Gasteiger partial charge in [-0.05, 0) is 25.0 Å². The van der Waals surface area contributed by atoms with Gasteiger partial charge in [-0.3, -0.25) is 9.71 Å². The minimum absolute atomic E-state index is 0.197. The largest absolute Gasteiger partial charge is 0.456 e. The first-order valence-corrected chi connectivity index (χ1v) is 10.8. The average Bonchev–Trinajstić information content (AvgIpc) is 3.27. The van der Waals surface area contributed by atoms with E-state index in [4.69, 9.17) is 4.74 Å². The van der Waals surface area contributed by atoms with Crippen LogP contribution in [0, 0.1) is 0 Å². The highest BCUT2D eigenvalue weighted by Gasteiger charge is 2.45. The first kappa shape index (κ1) is 19.8. The van der Waals surface area contributed by atoms with Crippen LogP contribution < -0.4 is 14.2 Å². The fourth-order valence-corrected chi connectivity index (χ4v) is 4.25. The van der Waals surface area contributed by atoms with E-state index < -0.39 is 34.2 Å². The molecule has 1 fully saturated rings. The Hall–Kier alpha value is -2.51. The molecule has 2 heterocycles. The molecule has 2 N–H and O–H groups in total. The van der Waals surface area contributed by atoms with Crippen molar-refractivity contribution in [3.63, 3.8) is 0 Å². The number of halogens is 3. The van der Waals surface area contributed by atoms with Crippen molar-refractivity contribution in [2.45, 2.75) is 31.2 Å². The second-order valence-electron chi connectivity index (χ2n) is 6.31. The van der Waals surface area contributed by atoms with Crippen LogP contribution in [0.3, 0.4) is 0 Å². The summed E-state index contributed by atoms with van der Waals surface area (Å²) in [5.41, 5.74) is 1.79. The number of hydrogen-bond donors (Lipinski definition) is 2. The number of ether oxygens (including phenoxy) is 1. The minimum Gasteiger partial charge on any atom is -0.456 e. The van der Waals surface area contributed by atoms with Crippen molar-refractivity contribution in [3.05, 3.63) is 40.8 Å². The number of thiazole rings is 1. The molecule has 2 aromatic heterocycles. The molecule has 0 spiro atoms. The summed E-state index contributed by atoms with van der Waals surface area (Å²) >= 11 is 0.761. The number of aromatic nitrogens is 3. The quantitative estimate of drug-likeness (QED) is 0.579. The highest BCUT2D eigenvalue weighted by Crippen LogP contribution is 2.39. The Morgan fingerprint density at radius 1 is 1.17 bits per heavy atom. The Morgan fingerprint density at radius 2 is 1.86 bits per heavy atom. The number of anilines is 1. The Morgan fingerprint density at radius 3 is 2.45 bits per heavy atom. The lowest BCUT2D eigenvalue weighted by Crippen LogP contribution is -2.33. The Bertz CT molecular complexity index is 1120. The molecular formula is C16H14F3N5O3S2. The molecule has 1 unspecified atom stereocenters. The fraction of sp³-hybridized carbons (Fsp3) is 0.312. The van der Waals surface area contributed by atoms with Gasteiger partial charge in [-0.1, -0.05) is 12.1 Å². The summed E-state index contributed by atoms with van der Waals surface area (Å²) in [6.45, 7) is 0. The summed E-state index contributed by atoms with van der Waals surface area (Å²) in [5, 5.41) is 0. The van der Waals surface area contributed by atoms with Crippen molar-refractivity contribution in [1.82, 2.24) is 19.7 Å². The third-order valence-corrected chi connectivity index (χ3v) is 5.83. The zero-order valence-corrected chi connectivity index (χ0v) is 16.2. The van der Waals surface area contributed by atoms with Gasteiger partial charge in [-0.25, -0.2) is 9.97 Å². The Balaban J connectivity index is 1.74. The maximum Gasteiger partial charge on any atom is 0.430 e. The number of rotatable bonds is 7. The molecule has 1 aliphatic carbocycles. The number of nitrogens with zero attached hydrogens (tertiary/aromatic N) is 3. The number of alkyl halides is 3. The molecule has 3 aromatic rings. The third-order valence-electron chi connectivity index (χ3n) is 3.91. The van der Waals surface area contributed by atoms with Crippen molar-refractivity contribution >= 4 is 38.4 Å². The van der Waals surface area contributed by atoms with E-state index in [1.165, 1.54) is 11.6 Å². The van der Waals surface area contributed by atoms with Gasteiger partial charge in [0.05, 0.1) is 21.4 Å². The monoisotopic (exact) mass is 445 g/mol. The fourth-order valence-electron chi connectivity index (χ4n) is 2.46. The topological polar surface area (TPSA) is 106 Å². The van der Waals surface area contributed by atoms with Gasteiger partial charge < -0.3 is 4.74 Å². The predicted octanol–water partition coefficient (Wildman–Crippen LogP) is 3.18. The number of nitrogens with one attached hydrogen (secondary N) is 2. The van der Waals surface area contributed by atoms with E-state index in [1.54, 1.807) is 18.2 Å². The molecule has 0 amide bonds. The van der Waals surface area contributed by atoms with Gasteiger partial charge in [0.1, 0.15) is 0 Å². The molecule has 0 aliphatic heterocycles. The van der Waals surface area contributed by atoms with E-state index in [-0.39, 0.29) is 16.4 Å². The molecule has 154 valence electrons. The highest BCUT2D eigenvalue weighted by atomic mass is 32.2. The first-order chi connectivity index (χ1) is 13.7. The number of fused-ring (bicyclic) bond motifs is 1. The van der Waals surface area contributed by atoms with E-state index in [2.05, 4.69) is 24.4 Å². The molecule has 29 heavy (non-hydrogen) atoms. The van der Waals surface area contributed by atoms with E-state index in [1.807, 2.05) is 0 Å². The van der Waals surface area contributed by atoms with Gasteiger partial charge in [0.2, 0.25) is 11.9 Å². The molecule has 1 atom stereocenters.